The smallest absolute Gasteiger partial charge is 0.233 e. The maximum atomic E-state index is 12.4. The highest BCUT2D eigenvalue weighted by Crippen LogP contribution is 2.24. The molecule has 0 spiro atoms. The van der Waals surface area contributed by atoms with Crippen molar-refractivity contribution < 1.29 is 4.79 Å². The lowest BCUT2D eigenvalue weighted by atomic mass is 10.0. The largest absolute Gasteiger partial charge is 0.339 e. The molecule has 0 N–H and O–H groups in total. The number of piperidine rings is 1. The van der Waals surface area contributed by atoms with Gasteiger partial charge in [-0.1, -0.05) is 42.1 Å². The van der Waals surface area contributed by atoms with E-state index in [1.165, 1.54) is 18.2 Å². The van der Waals surface area contributed by atoms with Gasteiger partial charge in [-0.25, -0.2) is 0 Å². The molecule has 1 aliphatic heterocycles. The summed E-state index contributed by atoms with van der Waals surface area (Å²) in [5.74, 6) is 1.45. The molecule has 0 saturated carbocycles. The van der Waals surface area contributed by atoms with E-state index in [0.29, 0.717) is 11.8 Å². The second kappa shape index (κ2) is 7.17. The Morgan fingerprint density at radius 2 is 2.04 bits per heavy atom. The number of aromatic nitrogens is 3. The summed E-state index contributed by atoms with van der Waals surface area (Å²) in [4.78, 5) is 14.4. The zero-order valence-corrected chi connectivity index (χ0v) is 14.4. The van der Waals surface area contributed by atoms with Crippen molar-refractivity contribution in [1.82, 2.24) is 19.7 Å². The summed E-state index contributed by atoms with van der Waals surface area (Å²) >= 11 is 1.46. The molecule has 6 heteroatoms. The zero-order chi connectivity index (χ0) is 16.2. The highest BCUT2D eigenvalue weighted by molar-refractivity contribution is 7.99. The topological polar surface area (TPSA) is 51.0 Å². The van der Waals surface area contributed by atoms with E-state index in [0.717, 1.165) is 35.9 Å². The highest BCUT2D eigenvalue weighted by atomic mass is 32.2. The molecule has 2 aromatic rings. The number of rotatable bonds is 4. The van der Waals surface area contributed by atoms with Gasteiger partial charge in [0.25, 0.3) is 0 Å². The molecule has 1 aliphatic rings. The minimum Gasteiger partial charge on any atom is -0.339 e. The summed E-state index contributed by atoms with van der Waals surface area (Å²) in [6.07, 6.45) is 3.45. The van der Waals surface area contributed by atoms with Crippen LogP contribution in [0, 0.1) is 0 Å². The van der Waals surface area contributed by atoms with Gasteiger partial charge in [0.1, 0.15) is 0 Å². The quantitative estimate of drug-likeness (QED) is 0.809. The van der Waals surface area contributed by atoms with Crippen LogP contribution in [0.1, 0.15) is 26.2 Å². The molecule has 1 aromatic heterocycles. The fourth-order valence-electron chi connectivity index (χ4n) is 2.96. The fraction of sp³-hybridized carbons (Fsp3) is 0.471. The second-order valence-corrected chi connectivity index (χ2v) is 6.89. The molecule has 5 nitrogen and oxygen atoms in total. The average Bonchev–Trinajstić information content (AvgIpc) is 2.94. The summed E-state index contributed by atoms with van der Waals surface area (Å²) < 4.78 is 1.95. The molecular weight excluding hydrogens is 308 g/mol. The first kappa shape index (κ1) is 16.1. The Morgan fingerprint density at radius 1 is 1.26 bits per heavy atom. The van der Waals surface area contributed by atoms with Gasteiger partial charge in [-0.3, -0.25) is 4.79 Å². The van der Waals surface area contributed by atoms with E-state index in [1.807, 2.05) is 46.8 Å². The van der Waals surface area contributed by atoms with Crippen LogP contribution in [0.3, 0.4) is 0 Å². The van der Waals surface area contributed by atoms with Crippen molar-refractivity contribution in [1.29, 1.82) is 0 Å². The molecule has 0 radical (unpaired) electrons. The van der Waals surface area contributed by atoms with Gasteiger partial charge in [-0.15, -0.1) is 10.2 Å². The lowest BCUT2D eigenvalue weighted by molar-refractivity contribution is -0.131. The third-order valence-corrected chi connectivity index (χ3v) is 5.32. The summed E-state index contributed by atoms with van der Waals surface area (Å²) in [6.45, 7) is 3.02. The Bertz CT molecular complexity index is 670. The Labute approximate surface area is 141 Å². The number of carbonyl (C=O) groups excluding carboxylic acids is 1. The lowest BCUT2D eigenvalue weighted by Crippen LogP contribution is -2.42. The monoisotopic (exact) mass is 330 g/mol. The molecule has 1 fully saturated rings. The number of likely N-dealkylation sites (tertiary alicyclic amines) is 1. The van der Waals surface area contributed by atoms with Gasteiger partial charge in [0.15, 0.2) is 11.0 Å². The van der Waals surface area contributed by atoms with E-state index >= 15 is 0 Å². The number of amides is 1. The standard InChI is InChI=1S/C17H22N4OS/c1-13-8-6-7-11-21(13)15(22)12-23-17-19-18-16(20(17)2)14-9-4-3-5-10-14/h3-5,9-10,13H,6-8,11-12H2,1-2H3. The number of hydrogen-bond acceptors (Lipinski definition) is 4. The summed E-state index contributed by atoms with van der Waals surface area (Å²) in [5.41, 5.74) is 1.03. The highest BCUT2D eigenvalue weighted by Gasteiger charge is 2.23. The zero-order valence-electron chi connectivity index (χ0n) is 13.6. The Balaban J connectivity index is 1.65. The SMILES string of the molecule is CC1CCCCN1C(=O)CSc1nnc(-c2ccccc2)n1C. The second-order valence-electron chi connectivity index (χ2n) is 5.95. The normalized spacial score (nSPS) is 18.2. The molecule has 2 heterocycles. The van der Waals surface area contributed by atoms with Gasteiger partial charge in [-0.05, 0) is 26.2 Å². The van der Waals surface area contributed by atoms with Crippen LogP contribution < -0.4 is 0 Å². The third kappa shape index (κ3) is 3.58. The van der Waals surface area contributed by atoms with Crippen LogP contribution in [-0.2, 0) is 11.8 Å². The maximum absolute atomic E-state index is 12.4. The van der Waals surface area contributed by atoms with E-state index in [-0.39, 0.29) is 5.91 Å². The Kier molecular flexibility index (Phi) is 5.00. The molecule has 23 heavy (non-hydrogen) atoms. The van der Waals surface area contributed by atoms with Crippen molar-refractivity contribution in [3.8, 4) is 11.4 Å². The Morgan fingerprint density at radius 3 is 2.78 bits per heavy atom. The van der Waals surface area contributed by atoms with Crippen LogP contribution in [0.4, 0.5) is 0 Å². The van der Waals surface area contributed by atoms with Crippen LogP contribution >= 0.6 is 11.8 Å². The Hall–Kier alpha value is -1.82. The van der Waals surface area contributed by atoms with E-state index < -0.39 is 0 Å². The van der Waals surface area contributed by atoms with E-state index in [4.69, 9.17) is 0 Å². The van der Waals surface area contributed by atoms with Gasteiger partial charge < -0.3 is 9.47 Å². The van der Waals surface area contributed by atoms with Crippen LogP contribution in [0.2, 0.25) is 0 Å². The molecule has 1 atom stereocenters. The summed E-state index contributed by atoms with van der Waals surface area (Å²) in [7, 11) is 1.94. The molecule has 1 aromatic carbocycles. The number of carbonyl (C=O) groups is 1. The molecule has 3 rings (SSSR count). The molecule has 1 amide bonds. The maximum Gasteiger partial charge on any atom is 0.233 e. The van der Waals surface area contributed by atoms with Gasteiger partial charge in [0.2, 0.25) is 5.91 Å². The van der Waals surface area contributed by atoms with Crippen molar-refractivity contribution in [3.05, 3.63) is 30.3 Å². The molecule has 122 valence electrons. The lowest BCUT2D eigenvalue weighted by Gasteiger charge is -2.33. The van der Waals surface area contributed by atoms with Gasteiger partial charge >= 0.3 is 0 Å². The van der Waals surface area contributed by atoms with E-state index in [9.17, 15) is 4.79 Å². The third-order valence-electron chi connectivity index (χ3n) is 4.31. The van der Waals surface area contributed by atoms with Gasteiger partial charge in [0, 0.05) is 25.2 Å². The minimum atomic E-state index is 0.200. The van der Waals surface area contributed by atoms with Crippen molar-refractivity contribution in [2.45, 2.75) is 37.4 Å². The molecule has 0 bridgehead atoms. The van der Waals surface area contributed by atoms with Crippen molar-refractivity contribution in [3.63, 3.8) is 0 Å². The number of nitrogens with zero attached hydrogens (tertiary/aromatic N) is 4. The van der Waals surface area contributed by atoms with Gasteiger partial charge in [0.05, 0.1) is 5.75 Å². The summed E-state index contributed by atoms with van der Waals surface area (Å²) in [5, 5.41) is 9.27. The van der Waals surface area contributed by atoms with Crippen LogP contribution in [0.25, 0.3) is 11.4 Å². The van der Waals surface area contributed by atoms with E-state index in [1.54, 1.807) is 0 Å². The van der Waals surface area contributed by atoms with Crippen LogP contribution in [-0.4, -0.2) is 43.9 Å². The first-order valence-corrected chi connectivity index (χ1v) is 9.02. The first-order valence-electron chi connectivity index (χ1n) is 8.04. The van der Waals surface area contributed by atoms with Crippen molar-refractivity contribution in [2.24, 2.45) is 7.05 Å². The van der Waals surface area contributed by atoms with E-state index in [2.05, 4.69) is 17.1 Å². The van der Waals surface area contributed by atoms with Gasteiger partial charge in [-0.2, -0.15) is 0 Å². The minimum absolute atomic E-state index is 0.200. The summed E-state index contributed by atoms with van der Waals surface area (Å²) in [6, 6.07) is 10.3. The predicted octanol–water partition coefficient (Wildman–Crippen LogP) is 2.98. The fourth-order valence-corrected chi connectivity index (χ4v) is 3.75. The molecular formula is C17H22N4OS. The first-order chi connectivity index (χ1) is 11.2. The van der Waals surface area contributed by atoms with Crippen molar-refractivity contribution in [2.75, 3.05) is 12.3 Å². The number of thioether (sulfide) groups is 1. The predicted molar refractivity (Wildman–Crippen MR) is 92.2 cm³/mol. The average molecular weight is 330 g/mol. The number of hydrogen-bond donors (Lipinski definition) is 0. The van der Waals surface area contributed by atoms with Crippen LogP contribution in [0.15, 0.2) is 35.5 Å². The molecule has 0 aliphatic carbocycles. The van der Waals surface area contributed by atoms with Crippen LogP contribution in [0.5, 0.6) is 0 Å². The van der Waals surface area contributed by atoms with Crippen molar-refractivity contribution >= 4 is 17.7 Å². The molecule has 1 unspecified atom stereocenters. The molecule has 1 saturated heterocycles. The number of benzene rings is 1.